The van der Waals surface area contributed by atoms with Gasteiger partial charge in [0.2, 0.25) is 0 Å². The molecule has 1 rings (SSSR count). The summed E-state index contributed by atoms with van der Waals surface area (Å²) in [6, 6.07) is 0.687. The highest BCUT2D eigenvalue weighted by Gasteiger charge is 2.36. The molecule has 0 saturated heterocycles. The van der Waals surface area contributed by atoms with Crippen LogP contribution in [0.4, 0.5) is 4.79 Å². The Hall–Kier alpha value is -1.17. The highest BCUT2D eigenvalue weighted by molar-refractivity contribution is 5.75. The second-order valence-electron chi connectivity index (χ2n) is 4.49. The Balaban J connectivity index is 2.57. The fourth-order valence-corrected chi connectivity index (χ4v) is 1.58. The predicted molar refractivity (Wildman–Crippen MR) is 61.4 cm³/mol. The monoisotopic (exact) mass is 208 g/mol. The fourth-order valence-electron chi connectivity index (χ4n) is 1.58. The molecule has 3 nitrogen and oxygen atoms in total. The van der Waals surface area contributed by atoms with Crippen LogP contribution in [-0.4, -0.2) is 29.6 Å². The molecule has 0 spiro atoms. The summed E-state index contributed by atoms with van der Waals surface area (Å²) in [7, 11) is 0. The van der Waals surface area contributed by atoms with Crippen LogP contribution in [-0.2, 0) is 0 Å². The number of carbonyl (C=O) groups is 1. The van der Waals surface area contributed by atoms with E-state index in [0.29, 0.717) is 18.5 Å². The summed E-state index contributed by atoms with van der Waals surface area (Å²) in [6.45, 7) is 6.67. The van der Waals surface area contributed by atoms with E-state index in [1.807, 2.05) is 4.90 Å². The molecular formula is C12H20N2O. The molecule has 1 fully saturated rings. The van der Waals surface area contributed by atoms with Crippen LogP contribution < -0.4 is 5.32 Å². The van der Waals surface area contributed by atoms with Crippen molar-refractivity contribution in [3.63, 3.8) is 0 Å². The quantitative estimate of drug-likeness (QED) is 0.702. The number of carbonyl (C=O) groups excluding carboxylic acids is 1. The van der Waals surface area contributed by atoms with Gasteiger partial charge in [-0.3, -0.25) is 0 Å². The summed E-state index contributed by atoms with van der Waals surface area (Å²) in [5.74, 6) is 2.90. The number of terminal acetylenes is 1. The summed E-state index contributed by atoms with van der Waals surface area (Å²) in [5.41, 5.74) is 0. The lowest BCUT2D eigenvalue weighted by Crippen LogP contribution is -2.48. The van der Waals surface area contributed by atoms with Crippen LogP contribution >= 0.6 is 0 Å². The number of nitrogens with zero attached hydrogens (tertiary/aromatic N) is 1. The minimum Gasteiger partial charge on any atom is -0.327 e. The summed E-state index contributed by atoms with van der Waals surface area (Å²) in [5, 5.41) is 2.74. The molecule has 0 aromatic carbocycles. The van der Waals surface area contributed by atoms with E-state index in [-0.39, 0.29) is 12.1 Å². The van der Waals surface area contributed by atoms with Gasteiger partial charge in [0, 0.05) is 12.1 Å². The Labute approximate surface area is 92.2 Å². The first-order valence-electron chi connectivity index (χ1n) is 5.57. The van der Waals surface area contributed by atoms with Crippen molar-refractivity contribution >= 4 is 6.03 Å². The maximum atomic E-state index is 11.8. The molecule has 0 unspecified atom stereocenters. The molecule has 3 heteroatoms. The van der Waals surface area contributed by atoms with Gasteiger partial charge in [0.1, 0.15) is 0 Å². The van der Waals surface area contributed by atoms with Crippen LogP contribution in [0.5, 0.6) is 0 Å². The van der Waals surface area contributed by atoms with E-state index in [9.17, 15) is 4.79 Å². The Morgan fingerprint density at radius 1 is 1.53 bits per heavy atom. The van der Waals surface area contributed by atoms with Gasteiger partial charge in [0.25, 0.3) is 0 Å². The van der Waals surface area contributed by atoms with Crippen molar-refractivity contribution in [2.45, 2.75) is 45.7 Å². The lowest BCUT2D eigenvalue weighted by Gasteiger charge is -2.31. The summed E-state index contributed by atoms with van der Waals surface area (Å²) in [6.07, 6.45) is 7.37. The lowest BCUT2D eigenvalue weighted by atomic mass is 10.0. The molecule has 0 radical (unpaired) electrons. The Morgan fingerprint density at radius 2 is 2.13 bits per heavy atom. The first kappa shape index (κ1) is 11.9. The third-order valence-electron chi connectivity index (χ3n) is 2.92. The number of nitrogens with one attached hydrogen (secondary N) is 1. The van der Waals surface area contributed by atoms with Crippen molar-refractivity contribution in [2.75, 3.05) is 6.54 Å². The molecule has 1 saturated carbocycles. The maximum absolute atomic E-state index is 11.8. The van der Waals surface area contributed by atoms with Crippen molar-refractivity contribution < 1.29 is 4.79 Å². The van der Waals surface area contributed by atoms with Gasteiger partial charge in [-0.1, -0.05) is 19.8 Å². The Kier molecular flexibility index (Phi) is 4.02. The van der Waals surface area contributed by atoms with Gasteiger partial charge in [-0.25, -0.2) is 4.79 Å². The molecule has 2 amide bonds. The molecule has 15 heavy (non-hydrogen) atoms. The van der Waals surface area contributed by atoms with Gasteiger partial charge in [0.05, 0.1) is 6.54 Å². The molecule has 0 aromatic rings. The zero-order valence-corrected chi connectivity index (χ0v) is 9.79. The number of amides is 2. The average molecular weight is 208 g/mol. The molecule has 0 aliphatic heterocycles. The average Bonchev–Trinajstić information content (AvgIpc) is 2.98. The SMILES string of the molecule is C#CCNC(=O)N(C1CC1)[C@H](C)C(C)C. The summed E-state index contributed by atoms with van der Waals surface area (Å²) >= 11 is 0. The van der Waals surface area contributed by atoms with Crippen molar-refractivity contribution in [3.8, 4) is 12.3 Å². The smallest absolute Gasteiger partial charge is 0.318 e. The van der Waals surface area contributed by atoms with Gasteiger partial charge in [-0.05, 0) is 25.7 Å². The second-order valence-corrected chi connectivity index (χ2v) is 4.49. The Bertz CT molecular complexity index is 263. The maximum Gasteiger partial charge on any atom is 0.318 e. The Morgan fingerprint density at radius 3 is 2.53 bits per heavy atom. The summed E-state index contributed by atoms with van der Waals surface area (Å²) < 4.78 is 0. The van der Waals surface area contributed by atoms with Gasteiger partial charge in [-0.2, -0.15) is 0 Å². The lowest BCUT2D eigenvalue weighted by molar-refractivity contribution is 0.158. The fraction of sp³-hybridized carbons (Fsp3) is 0.750. The molecule has 1 N–H and O–H groups in total. The van der Waals surface area contributed by atoms with Crippen molar-refractivity contribution in [1.82, 2.24) is 10.2 Å². The third-order valence-corrected chi connectivity index (χ3v) is 2.92. The molecule has 1 atom stereocenters. The molecular weight excluding hydrogens is 188 g/mol. The van der Waals surface area contributed by atoms with Crippen molar-refractivity contribution in [1.29, 1.82) is 0 Å². The first-order valence-corrected chi connectivity index (χ1v) is 5.57. The van der Waals surface area contributed by atoms with E-state index in [4.69, 9.17) is 6.42 Å². The number of urea groups is 1. The van der Waals surface area contributed by atoms with Crippen LogP contribution in [0.15, 0.2) is 0 Å². The van der Waals surface area contributed by atoms with E-state index in [0.717, 1.165) is 12.8 Å². The zero-order chi connectivity index (χ0) is 11.4. The van der Waals surface area contributed by atoms with Gasteiger partial charge in [0.15, 0.2) is 0 Å². The topological polar surface area (TPSA) is 32.3 Å². The molecule has 1 aliphatic rings. The minimum atomic E-state index is -0.0170. The van der Waals surface area contributed by atoms with Crippen LogP contribution in [0, 0.1) is 18.3 Å². The van der Waals surface area contributed by atoms with Crippen LogP contribution in [0.3, 0.4) is 0 Å². The zero-order valence-electron chi connectivity index (χ0n) is 9.79. The van der Waals surface area contributed by atoms with Crippen LogP contribution in [0.2, 0.25) is 0 Å². The molecule has 0 heterocycles. The molecule has 84 valence electrons. The van der Waals surface area contributed by atoms with Gasteiger partial charge in [-0.15, -0.1) is 6.42 Å². The highest BCUT2D eigenvalue weighted by atomic mass is 16.2. The highest BCUT2D eigenvalue weighted by Crippen LogP contribution is 2.30. The normalized spacial score (nSPS) is 17.0. The van der Waals surface area contributed by atoms with Gasteiger partial charge < -0.3 is 10.2 Å². The van der Waals surface area contributed by atoms with Crippen molar-refractivity contribution in [3.05, 3.63) is 0 Å². The van der Waals surface area contributed by atoms with Crippen LogP contribution in [0.1, 0.15) is 33.6 Å². The van der Waals surface area contributed by atoms with E-state index in [1.54, 1.807) is 0 Å². The second kappa shape index (κ2) is 5.06. The standard InChI is InChI=1S/C12H20N2O/c1-5-8-13-12(15)14(11-6-7-11)10(4)9(2)3/h1,9-11H,6-8H2,2-4H3,(H,13,15)/t10-/m1/s1. The van der Waals surface area contributed by atoms with E-state index in [1.165, 1.54) is 0 Å². The van der Waals surface area contributed by atoms with E-state index < -0.39 is 0 Å². The third kappa shape index (κ3) is 3.16. The number of rotatable bonds is 4. The number of hydrogen-bond donors (Lipinski definition) is 1. The first-order chi connectivity index (χ1) is 7.07. The number of hydrogen-bond acceptors (Lipinski definition) is 1. The minimum absolute atomic E-state index is 0.0170. The predicted octanol–water partition coefficient (Wildman–Crippen LogP) is 1.84. The van der Waals surface area contributed by atoms with Crippen molar-refractivity contribution in [2.24, 2.45) is 5.92 Å². The molecule has 0 bridgehead atoms. The summed E-state index contributed by atoms with van der Waals surface area (Å²) in [4.78, 5) is 13.8. The van der Waals surface area contributed by atoms with E-state index >= 15 is 0 Å². The van der Waals surface area contributed by atoms with Crippen LogP contribution in [0.25, 0.3) is 0 Å². The van der Waals surface area contributed by atoms with E-state index in [2.05, 4.69) is 32.0 Å². The molecule has 1 aliphatic carbocycles. The molecule has 0 aromatic heterocycles. The largest absolute Gasteiger partial charge is 0.327 e. The van der Waals surface area contributed by atoms with Gasteiger partial charge >= 0.3 is 6.03 Å².